The van der Waals surface area contributed by atoms with Gasteiger partial charge >= 0.3 is 0 Å². The van der Waals surface area contributed by atoms with Crippen LogP contribution in [0.4, 0.5) is 15.8 Å². The molecule has 0 bridgehead atoms. The summed E-state index contributed by atoms with van der Waals surface area (Å²) in [6.45, 7) is 0.528. The predicted molar refractivity (Wildman–Crippen MR) is 82.3 cm³/mol. The molecule has 0 saturated carbocycles. The number of benzene rings is 2. The average molecular weight is 305 g/mol. The van der Waals surface area contributed by atoms with E-state index in [1.807, 2.05) is 12.1 Å². The van der Waals surface area contributed by atoms with Gasteiger partial charge in [0.2, 0.25) is 0 Å². The fraction of sp³-hybridized carbons (Fsp3) is 0.188. The second kappa shape index (κ2) is 5.37. The van der Waals surface area contributed by atoms with Crippen LogP contribution in [0.15, 0.2) is 36.4 Å². The number of halogens is 2. The number of hydrogen-bond acceptors (Lipinski definition) is 2. The van der Waals surface area contributed by atoms with E-state index in [0.29, 0.717) is 12.2 Å². The lowest BCUT2D eigenvalue weighted by atomic mass is 9.99. The van der Waals surface area contributed by atoms with Crippen molar-refractivity contribution in [1.82, 2.24) is 0 Å². The fourth-order valence-electron chi connectivity index (χ4n) is 2.70. The molecule has 5 heteroatoms. The number of carbonyl (C=O) groups is 1. The van der Waals surface area contributed by atoms with Gasteiger partial charge in [0.1, 0.15) is 5.82 Å². The summed E-state index contributed by atoms with van der Waals surface area (Å²) in [5.74, 6) is -1.03. The van der Waals surface area contributed by atoms with Crippen molar-refractivity contribution in [2.75, 3.05) is 17.2 Å². The fourth-order valence-corrected chi connectivity index (χ4v) is 2.94. The van der Waals surface area contributed by atoms with E-state index >= 15 is 0 Å². The number of fused-ring (bicyclic) bond motifs is 1. The molecular weight excluding hydrogens is 291 g/mol. The molecule has 0 aromatic heterocycles. The van der Waals surface area contributed by atoms with Gasteiger partial charge in [-0.2, -0.15) is 0 Å². The normalized spacial score (nSPS) is 13.9. The summed E-state index contributed by atoms with van der Waals surface area (Å²) in [5.41, 5.74) is 8.21. The van der Waals surface area contributed by atoms with Gasteiger partial charge in [-0.15, -0.1) is 0 Å². The molecule has 1 aliphatic heterocycles. The van der Waals surface area contributed by atoms with Gasteiger partial charge in [-0.1, -0.05) is 23.7 Å². The molecule has 1 heterocycles. The monoisotopic (exact) mass is 304 g/mol. The second-order valence-electron chi connectivity index (χ2n) is 5.00. The maximum Gasteiger partial charge on any atom is 0.262 e. The minimum atomic E-state index is -0.608. The third-order valence-electron chi connectivity index (χ3n) is 3.71. The first-order chi connectivity index (χ1) is 10.1. The Morgan fingerprint density at radius 1 is 1.24 bits per heavy atom. The Kier molecular flexibility index (Phi) is 3.55. The van der Waals surface area contributed by atoms with Gasteiger partial charge in [0.05, 0.1) is 10.6 Å². The molecule has 0 spiro atoms. The zero-order valence-electron chi connectivity index (χ0n) is 11.3. The second-order valence-corrected chi connectivity index (χ2v) is 5.41. The molecule has 108 valence electrons. The Morgan fingerprint density at radius 3 is 2.76 bits per heavy atom. The molecule has 0 aliphatic carbocycles. The Balaban J connectivity index is 2.07. The quantitative estimate of drug-likeness (QED) is 0.817. The smallest absolute Gasteiger partial charge is 0.262 e. The van der Waals surface area contributed by atoms with Crippen LogP contribution in [-0.2, 0) is 6.42 Å². The van der Waals surface area contributed by atoms with Crippen molar-refractivity contribution in [1.29, 1.82) is 0 Å². The Labute approximate surface area is 127 Å². The van der Waals surface area contributed by atoms with Crippen molar-refractivity contribution in [2.24, 2.45) is 0 Å². The molecule has 3 nitrogen and oxygen atoms in total. The number of nitrogen functional groups attached to an aromatic ring is 1. The summed E-state index contributed by atoms with van der Waals surface area (Å²) in [5, 5.41) is 0.121. The SMILES string of the molecule is Nc1cccc2c1CCCN2C(=O)c1c(F)cccc1Cl. The van der Waals surface area contributed by atoms with Crippen LogP contribution in [0, 0.1) is 5.82 Å². The van der Waals surface area contributed by atoms with E-state index in [2.05, 4.69) is 0 Å². The largest absolute Gasteiger partial charge is 0.398 e. The third-order valence-corrected chi connectivity index (χ3v) is 4.02. The summed E-state index contributed by atoms with van der Waals surface area (Å²) in [4.78, 5) is 14.2. The molecule has 2 N–H and O–H groups in total. The highest BCUT2D eigenvalue weighted by Gasteiger charge is 2.27. The summed E-state index contributed by atoms with van der Waals surface area (Å²) in [6.07, 6.45) is 1.61. The number of amides is 1. The number of nitrogens with zero attached hydrogens (tertiary/aromatic N) is 1. The van der Waals surface area contributed by atoms with Crippen LogP contribution in [-0.4, -0.2) is 12.5 Å². The van der Waals surface area contributed by atoms with Crippen LogP contribution < -0.4 is 10.6 Å². The number of rotatable bonds is 1. The van der Waals surface area contributed by atoms with Crippen molar-refractivity contribution in [3.05, 3.63) is 58.4 Å². The molecular formula is C16H14ClFN2O. The zero-order chi connectivity index (χ0) is 15.0. The van der Waals surface area contributed by atoms with Crippen molar-refractivity contribution < 1.29 is 9.18 Å². The topological polar surface area (TPSA) is 46.3 Å². The molecule has 0 unspecified atom stereocenters. The van der Waals surface area contributed by atoms with Crippen molar-refractivity contribution >= 4 is 28.9 Å². The van der Waals surface area contributed by atoms with Gasteiger partial charge in [-0.05, 0) is 42.7 Å². The number of nitrogens with two attached hydrogens (primary N) is 1. The first kappa shape index (κ1) is 13.9. The molecule has 2 aromatic carbocycles. The van der Waals surface area contributed by atoms with Gasteiger partial charge in [-0.25, -0.2) is 4.39 Å². The standard InChI is InChI=1S/C16H14ClFN2O/c17-11-5-1-6-12(18)15(11)16(21)20-9-3-4-10-13(19)7-2-8-14(10)20/h1-2,5-8H,3-4,9,19H2. The van der Waals surface area contributed by atoms with Gasteiger partial charge in [0.25, 0.3) is 5.91 Å². The Morgan fingerprint density at radius 2 is 2.00 bits per heavy atom. The molecule has 21 heavy (non-hydrogen) atoms. The lowest BCUT2D eigenvalue weighted by Crippen LogP contribution is -2.36. The molecule has 2 aromatic rings. The van der Waals surface area contributed by atoms with E-state index < -0.39 is 11.7 Å². The molecule has 0 saturated heterocycles. The summed E-state index contributed by atoms with van der Waals surface area (Å²) in [7, 11) is 0. The molecule has 0 fully saturated rings. The van der Waals surface area contributed by atoms with Gasteiger partial charge in [-0.3, -0.25) is 4.79 Å². The Hall–Kier alpha value is -2.07. The van der Waals surface area contributed by atoms with Crippen LogP contribution in [0.5, 0.6) is 0 Å². The van der Waals surface area contributed by atoms with Gasteiger partial charge in [0, 0.05) is 17.9 Å². The maximum atomic E-state index is 14.0. The van der Waals surface area contributed by atoms with E-state index in [9.17, 15) is 9.18 Å². The molecule has 1 aliphatic rings. The lowest BCUT2D eigenvalue weighted by Gasteiger charge is -2.30. The number of anilines is 2. The van der Waals surface area contributed by atoms with E-state index in [4.69, 9.17) is 17.3 Å². The molecule has 0 atom stereocenters. The summed E-state index contributed by atoms with van der Waals surface area (Å²) in [6, 6.07) is 9.67. The van der Waals surface area contributed by atoms with Crippen LogP contribution in [0.1, 0.15) is 22.3 Å². The van der Waals surface area contributed by atoms with Gasteiger partial charge < -0.3 is 10.6 Å². The van der Waals surface area contributed by atoms with Crippen molar-refractivity contribution in [3.63, 3.8) is 0 Å². The maximum absolute atomic E-state index is 14.0. The van der Waals surface area contributed by atoms with Crippen LogP contribution in [0.3, 0.4) is 0 Å². The van der Waals surface area contributed by atoms with E-state index in [1.165, 1.54) is 18.2 Å². The first-order valence-electron chi connectivity index (χ1n) is 6.73. The van der Waals surface area contributed by atoms with Crippen molar-refractivity contribution in [3.8, 4) is 0 Å². The molecule has 0 radical (unpaired) electrons. The van der Waals surface area contributed by atoms with E-state index in [1.54, 1.807) is 11.0 Å². The van der Waals surface area contributed by atoms with E-state index in [-0.39, 0.29) is 10.6 Å². The average Bonchev–Trinajstić information content (AvgIpc) is 2.47. The first-order valence-corrected chi connectivity index (χ1v) is 7.10. The highest BCUT2D eigenvalue weighted by atomic mass is 35.5. The van der Waals surface area contributed by atoms with Gasteiger partial charge in [0.15, 0.2) is 0 Å². The molecule has 3 rings (SSSR count). The Bertz CT molecular complexity index is 697. The predicted octanol–water partition coefficient (Wildman–Crippen LogP) is 3.65. The van der Waals surface area contributed by atoms with Crippen LogP contribution >= 0.6 is 11.6 Å². The molecule has 1 amide bonds. The van der Waals surface area contributed by atoms with E-state index in [0.717, 1.165) is 24.1 Å². The summed E-state index contributed by atoms with van der Waals surface area (Å²) >= 11 is 5.99. The van der Waals surface area contributed by atoms with Crippen LogP contribution in [0.25, 0.3) is 0 Å². The zero-order valence-corrected chi connectivity index (χ0v) is 12.0. The highest BCUT2D eigenvalue weighted by molar-refractivity contribution is 6.34. The minimum absolute atomic E-state index is 0.0885. The van der Waals surface area contributed by atoms with Crippen molar-refractivity contribution in [2.45, 2.75) is 12.8 Å². The third kappa shape index (κ3) is 2.36. The van der Waals surface area contributed by atoms with Crippen LogP contribution in [0.2, 0.25) is 5.02 Å². The minimum Gasteiger partial charge on any atom is -0.398 e. The lowest BCUT2D eigenvalue weighted by molar-refractivity contribution is 0.0981. The number of carbonyl (C=O) groups excluding carboxylic acids is 1. The highest BCUT2D eigenvalue weighted by Crippen LogP contribution is 2.33. The summed E-state index contributed by atoms with van der Waals surface area (Å²) < 4.78 is 14.0. The number of hydrogen-bond donors (Lipinski definition) is 1.